The maximum absolute atomic E-state index is 11.2. The first kappa shape index (κ1) is 13.6. The third-order valence-corrected chi connectivity index (χ3v) is 2.64. The van der Waals surface area contributed by atoms with E-state index in [9.17, 15) is 10.0 Å². The zero-order valence-corrected chi connectivity index (χ0v) is 10.5. The van der Waals surface area contributed by atoms with Gasteiger partial charge in [-0.05, 0) is 23.5 Å². The largest absolute Gasteiger partial charge is 0.629 e. The van der Waals surface area contributed by atoms with Crippen molar-refractivity contribution in [3.05, 3.63) is 28.1 Å². The maximum Gasteiger partial charge on any atom is 0.343 e. The van der Waals surface area contributed by atoms with Crippen LogP contribution in [0.1, 0.15) is 61.1 Å². The minimum absolute atomic E-state index is 0.0207. The Hall–Kier alpha value is -1.46. The Labute approximate surface area is 100 Å². The number of carboxylic acids is 1. The number of quaternary nitrogens is 1. The Balaban J connectivity index is 3.51. The van der Waals surface area contributed by atoms with Gasteiger partial charge >= 0.3 is 5.97 Å². The maximum atomic E-state index is 11.2. The van der Waals surface area contributed by atoms with E-state index in [1.54, 1.807) is 6.07 Å². The molecule has 1 aromatic heterocycles. The molecular weight excluding hydrogens is 220 g/mol. The molecule has 1 aromatic rings. The van der Waals surface area contributed by atoms with E-state index in [4.69, 9.17) is 5.11 Å². The molecule has 5 heteroatoms. The van der Waals surface area contributed by atoms with Crippen LogP contribution in [0.5, 0.6) is 0 Å². The Morgan fingerprint density at radius 1 is 1.35 bits per heavy atom. The van der Waals surface area contributed by atoms with E-state index < -0.39 is 5.97 Å². The highest BCUT2D eigenvalue weighted by Crippen LogP contribution is 2.26. The number of hydrogen-bond donors (Lipinski definition) is 2. The number of aromatic nitrogens is 1. The summed E-state index contributed by atoms with van der Waals surface area (Å²) >= 11 is 0. The number of nitrogens with zero attached hydrogens (tertiary/aromatic N) is 1. The first-order valence-corrected chi connectivity index (χ1v) is 5.61. The summed E-state index contributed by atoms with van der Waals surface area (Å²) in [4.78, 5) is 15.3. The minimum atomic E-state index is -1.10. The van der Waals surface area contributed by atoms with Crippen LogP contribution in [-0.4, -0.2) is 16.1 Å². The second kappa shape index (κ2) is 5.25. The molecule has 0 bridgehead atoms. The molecule has 0 radical (unpaired) electrons. The van der Waals surface area contributed by atoms with Crippen molar-refractivity contribution in [2.24, 2.45) is 0 Å². The van der Waals surface area contributed by atoms with Gasteiger partial charge in [-0.3, -0.25) is 0 Å². The predicted octanol–water partition coefficient (Wildman–Crippen LogP) is 1.72. The van der Waals surface area contributed by atoms with Crippen LogP contribution in [0.15, 0.2) is 6.07 Å². The topological polar surface area (TPSA) is 89.9 Å². The first-order chi connectivity index (χ1) is 7.88. The lowest BCUT2D eigenvalue weighted by molar-refractivity contribution is -0.501. The quantitative estimate of drug-likeness (QED) is 0.781. The molecule has 0 aliphatic heterocycles. The fraction of sp³-hybridized carbons (Fsp3) is 0.500. The van der Waals surface area contributed by atoms with Crippen molar-refractivity contribution in [2.75, 3.05) is 0 Å². The van der Waals surface area contributed by atoms with Gasteiger partial charge in [0.15, 0.2) is 0 Å². The number of aromatic carboxylic acids is 1. The molecule has 94 valence electrons. The lowest BCUT2D eigenvalue weighted by Gasteiger charge is -2.16. The van der Waals surface area contributed by atoms with E-state index in [1.165, 1.54) is 0 Å². The van der Waals surface area contributed by atoms with Crippen molar-refractivity contribution in [1.82, 2.24) is 4.98 Å². The third-order valence-electron chi connectivity index (χ3n) is 2.64. The second-order valence-electron chi connectivity index (χ2n) is 4.63. The molecule has 0 aromatic carbocycles. The summed E-state index contributed by atoms with van der Waals surface area (Å²) in [5.74, 6) is -0.875. The summed E-state index contributed by atoms with van der Waals surface area (Å²) in [6, 6.07) is 1.78. The van der Waals surface area contributed by atoms with Gasteiger partial charge in [0.05, 0.1) is 0 Å². The Morgan fingerprint density at radius 2 is 1.94 bits per heavy atom. The molecule has 1 rings (SSSR count). The van der Waals surface area contributed by atoms with Gasteiger partial charge in [-0.15, -0.1) is 0 Å². The Bertz CT molecular complexity index is 428. The summed E-state index contributed by atoms with van der Waals surface area (Å²) < 4.78 is 0. The standard InChI is InChI=1S/C12H18N2O3/c1-6(2)8-5-9(7(3)4)13-11(14-17)10(8)12(15)16/h5-7H,14H2,1-4H3,(H,15,16). The van der Waals surface area contributed by atoms with Crippen LogP contribution in [0.3, 0.4) is 0 Å². The molecule has 3 N–H and O–H groups in total. The molecule has 0 aliphatic rings. The normalized spacial score (nSPS) is 11.2. The lowest BCUT2D eigenvalue weighted by atomic mass is 9.95. The summed E-state index contributed by atoms with van der Waals surface area (Å²) in [6.45, 7) is 7.73. The van der Waals surface area contributed by atoms with Crippen LogP contribution < -0.4 is 5.48 Å². The molecule has 0 fully saturated rings. The van der Waals surface area contributed by atoms with E-state index in [2.05, 4.69) is 4.98 Å². The molecular formula is C12H18N2O3. The number of hydrogen-bond acceptors (Lipinski definition) is 3. The minimum Gasteiger partial charge on any atom is -0.629 e. The molecule has 5 nitrogen and oxygen atoms in total. The summed E-state index contributed by atoms with van der Waals surface area (Å²) in [5, 5.41) is 20.1. The van der Waals surface area contributed by atoms with E-state index >= 15 is 0 Å². The molecule has 0 unspecified atom stereocenters. The van der Waals surface area contributed by atoms with Crippen LogP contribution in [-0.2, 0) is 0 Å². The average Bonchev–Trinajstić information content (AvgIpc) is 2.26. The van der Waals surface area contributed by atoms with Gasteiger partial charge in [-0.2, -0.15) is 0 Å². The first-order valence-electron chi connectivity index (χ1n) is 5.61. The molecule has 1 heterocycles. The van der Waals surface area contributed by atoms with Crippen LogP contribution in [0, 0.1) is 5.21 Å². The van der Waals surface area contributed by atoms with Gasteiger partial charge in [-0.1, -0.05) is 27.7 Å². The van der Waals surface area contributed by atoms with Gasteiger partial charge < -0.3 is 15.8 Å². The van der Waals surface area contributed by atoms with E-state index in [1.807, 2.05) is 27.7 Å². The van der Waals surface area contributed by atoms with E-state index in [-0.39, 0.29) is 23.2 Å². The second-order valence-corrected chi connectivity index (χ2v) is 4.63. The SMILES string of the molecule is CC(C)c1cc(C(C)C)c(C(=O)O)c([NH2+][O-])n1. The van der Waals surface area contributed by atoms with Crippen molar-refractivity contribution >= 4 is 11.8 Å². The smallest absolute Gasteiger partial charge is 0.343 e. The molecule has 17 heavy (non-hydrogen) atoms. The van der Waals surface area contributed by atoms with Crippen molar-refractivity contribution in [2.45, 2.75) is 39.5 Å². The summed E-state index contributed by atoms with van der Waals surface area (Å²) in [6.07, 6.45) is 0. The zero-order valence-electron chi connectivity index (χ0n) is 10.5. The number of carbonyl (C=O) groups is 1. The lowest BCUT2D eigenvalue weighted by Crippen LogP contribution is -2.71. The monoisotopic (exact) mass is 238 g/mol. The highest BCUT2D eigenvalue weighted by molar-refractivity contribution is 5.93. The Kier molecular flexibility index (Phi) is 4.20. The van der Waals surface area contributed by atoms with Crippen molar-refractivity contribution in [3.8, 4) is 0 Å². The molecule has 0 saturated carbocycles. The fourth-order valence-corrected chi connectivity index (χ4v) is 1.68. The van der Waals surface area contributed by atoms with Gasteiger partial charge in [0.2, 0.25) is 5.82 Å². The van der Waals surface area contributed by atoms with Crippen molar-refractivity contribution in [1.29, 1.82) is 0 Å². The van der Waals surface area contributed by atoms with Gasteiger partial charge in [0, 0.05) is 5.69 Å². The molecule has 0 atom stereocenters. The number of rotatable bonds is 4. The van der Waals surface area contributed by atoms with Crippen LogP contribution in [0.2, 0.25) is 0 Å². The van der Waals surface area contributed by atoms with Crippen LogP contribution >= 0.6 is 0 Å². The van der Waals surface area contributed by atoms with Crippen LogP contribution in [0.4, 0.5) is 5.82 Å². The summed E-state index contributed by atoms with van der Waals surface area (Å²) in [5.41, 5.74) is 1.96. The van der Waals surface area contributed by atoms with Crippen molar-refractivity contribution < 1.29 is 15.4 Å². The molecule has 0 amide bonds. The fourth-order valence-electron chi connectivity index (χ4n) is 1.68. The number of carboxylic acid groups (broad SMARTS) is 1. The average molecular weight is 238 g/mol. The predicted molar refractivity (Wildman–Crippen MR) is 64.3 cm³/mol. The van der Waals surface area contributed by atoms with Crippen LogP contribution in [0.25, 0.3) is 0 Å². The molecule has 0 spiro atoms. The van der Waals surface area contributed by atoms with Gasteiger partial charge in [0.25, 0.3) is 0 Å². The van der Waals surface area contributed by atoms with Gasteiger partial charge in [-0.25, -0.2) is 9.78 Å². The third kappa shape index (κ3) is 2.81. The van der Waals surface area contributed by atoms with Gasteiger partial charge in [0.1, 0.15) is 5.56 Å². The highest BCUT2D eigenvalue weighted by atomic mass is 16.5. The van der Waals surface area contributed by atoms with Crippen molar-refractivity contribution in [3.63, 3.8) is 0 Å². The molecule has 0 saturated heterocycles. The highest BCUT2D eigenvalue weighted by Gasteiger charge is 2.22. The van der Waals surface area contributed by atoms with E-state index in [0.29, 0.717) is 11.0 Å². The zero-order chi connectivity index (χ0) is 13.2. The molecule has 0 aliphatic carbocycles. The summed E-state index contributed by atoms with van der Waals surface area (Å²) in [7, 11) is 0. The number of pyridine rings is 1. The Morgan fingerprint density at radius 3 is 2.29 bits per heavy atom. The number of nitrogens with two attached hydrogens (primary N) is 1. The van der Waals surface area contributed by atoms with E-state index in [0.717, 1.165) is 5.69 Å².